The molecule has 1 fully saturated rings. The Morgan fingerprint density at radius 2 is 0.732 bits per heavy atom. The standard InChI is InChI=1S/C70H59N/c1-50-21-7-2-16-30-62(54-24-10-4-11-25-54)63-31-17-18-33-66(63)69(50)55-39-46-61(47-40-55)71(59-42-35-52(36-43-59)51-22-8-3-9-23-51)60-44-37-53(38-45-60)56-41-48-65-64-32-19-20-34-67(64)70(68(65)49-56,57-26-12-5-13-27-57)58-28-14-6-15-29-58/h3-6,8-15,19-20,22-29,32,34-49H,1-2,7,16-18,21,30-31,33H2/b63-62+,69-66?. The Kier molecular flexibility index (Phi) is 12.1. The molecule has 0 saturated heterocycles. The van der Waals surface area contributed by atoms with Crippen LogP contribution in [0.3, 0.4) is 0 Å². The lowest BCUT2D eigenvalue weighted by Gasteiger charge is -2.34. The van der Waals surface area contributed by atoms with E-state index in [1.165, 1.54) is 116 Å². The monoisotopic (exact) mass is 913 g/mol. The van der Waals surface area contributed by atoms with Crippen LogP contribution in [0.4, 0.5) is 17.1 Å². The molecule has 0 unspecified atom stereocenters. The van der Waals surface area contributed by atoms with Crippen LogP contribution >= 0.6 is 0 Å². The molecule has 0 amide bonds. The van der Waals surface area contributed by atoms with Gasteiger partial charge in [0.25, 0.3) is 0 Å². The van der Waals surface area contributed by atoms with E-state index >= 15 is 0 Å². The molecule has 0 atom stereocenters. The smallest absolute Gasteiger partial charge is 0.0713 e. The third kappa shape index (κ3) is 8.20. The van der Waals surface area contributed by atoms with Gasteiger partial charge >= 0.3 is 0 Å². The van der Waals surface area contributed by atoms with Crippen molar-refractivity contribution in [3.63, 3.8) is 0 Å². The SMILES string of the molecule is C=C1CCCCC/C(c2ccccc2)=C2/CCCCC2=C1c1ccc(N(c2ccc(-c3ccccc3)cc2)c2ccc(-c3ccc4c(c3)C(c3ccccc3)(c3ccccc3)c3ccccc3-4)cc2)cc1. The van der Waals surface area contributed by atoms with Crippen molar-refractivity contribution < 1.29 is 0 Å². The van der Waals surface area contributed by atoms with Crippen molar-refractivity contribution in [3.8, 4) is 33.4 Å². The van der Waals surface area contributed by atoms with Crippen LogP contribution in [-0.2, 0) is 5.41 Å². The average Bonchev–Trinajstić information content (AvgIpc) is 3.74. The zero-order valence-corrected chi connectivity index (χ0v) is 40.5. The summed E-state index contributed by atoms with van der Waals surface area (Å²) in [6, 6.07) is 87.8. The molecule has 1 saturated carbocycles. The second-order valence-electron chi connectivity index (χ2n) is 19.7. The zero-order valence-electron chi connectivity index (χ0n) is 40.5. The van der Waals surface area contributed by atoms with Gasteiger partial charge in [0.1, 0.15) is 0 Å². The maximum Gasteiger partial charge on any atom is 0.0713 e. The van der Waals surface area contributed by atoms with Crippen molar-refractivity contribution in [2.45, 2.75) is 63.2 Å². The van der Waals surface area contributed by atoms with Crippen molar-refractivity contribution in [2.24, 2.45) is 0 Å². The van der Waals surface area contributed by atoms with Gasteiger partial charge in [0.05, 0.1) is 5.41 Å². The topological polar surface area (TPSA) is 3.24 Å². The number of anilines is 3. The van der Waals surface area contributed by atoms with E-state index in [0.717, 1.165) is 42.7 Å². The maximum absolute atomic E-state index is 4.83. The third-order valence-electron chi connectivity index (χ3n) is 15.6. The molecule has 71 heavy (non-hydrogen) atoms. The highest BCUT2D eigenvalue weighted by Gasteiger charge is 2.46. The number of nitrogens with zero attached hydrogens (tertiary/aromatic N) is 1. The second-order valence-corrected chi connectivity index (χ2v) is 19.7. The van der Waals surface area contributed by atoms with Crippen LogP contribution in [0.5, 0.6) is 0 Å². The van der Waals surface area contributed by atoms with E-state index < -0.39 is 5.41 Å². The van der Waals surface area contributed by atoms with Crippen LogP contribution in [0.1, 0.15) is 91.2 Å². The van der Waals surface area contributed by atoms with Crippen LogP contribution < -0.4 is 4.90 Å². The van der Waals surface area contributed by atoms with E-state index in [1.54, 1.807) is 11.1 Å². The number of hydrogen-bond donors (Lipinski definition) is 0. The molecule has 1 heteroatoms. The van der Waals surface area contributed by atoms with Gasteiger partial charge in [-0.05, 0) is 188 Å². The summed E-state index contributed by atoms with van der Waals surface area (Å²) in [7, 11) is 0. The molecular formula is C70H59N. The van der Waals surface area contributed by atoms with E-state index in [4.69, 9.17) is 6.58 Å². The van der Waals surface area contributed by atoms with Gasteiger partial charge in [-0.15, -0.1) is 0 Å². The summed E-state index contributed by atoms with van der Waals surface area (Å²) in [6.07, 6.45) is 10.5. The van der Waals surface area contributed by atoms with Gasteiger partial charge in [-0.3, -0.25) is 0 Å². The fourth-order valence-corrected chi connectivity index (χ4v) is 12.2. The van der Waals surface area contributed by atoms with Crippen LogP contribution in [0.15, 0.2) is 260 Å². The maximum atomic E-state index is 4.83. The van der Waals surface area contributed by atoms with Crippen molar-refractivity contribution in [1.82, 2.24) is 0 Å². The summed E-state index contributed by atoms with van der Waals surface area (Å²) in [5.74, 6) is 0. The van der Waals surface area contributed by atoms with Gasteiger partial charge in [0.2, 0.25) is 0 Å². The van der Waals surface area contributed by atoms with Gasteiger partial charge < -0.3 is 4.90 Å². The summed E-state index contributed by atoms with van der Waals surface area (Å²) in [4.78, 5) is 2.41. The first kappa shape index (κ1) is 44.2. The summed E-state index contributed by atoms with van der Waals surface area (Å²) in [6.45, 7) is 4.83. The first-order chi connectivity index (χ1) is 35.1. The van der Waals surface area contributed by atoms with E-state index in [9.17, 15) is 0 Å². The van der Waals surface area contributed by atoms with E-state index in [0.29, 0.717) is 0 Å². The van der Waals surface area contributed by atoms with Crippen LogP contribution in [-0.4, -0.2) is 0 Å². The van der Waals surface area contributed by atoms with Crippen molar-refractivity contribution in [1.29, 1.82) is 0 Å². The molecule has 12 rings (SSSR count). The molecule has 3 aliphatic rings. The quantitative estimate of drug-likeness (QED) is 0.139. The van der Waals surface area contributed by atoms with Gasteiger partial charge in [0, 0.05) is 17.1 Å². The van der Waals surface area contributed by atoms with E-state index in [2.05, 4.69) is 241 Å². The van der Waals surface area contributed by atoms with Gasteiger partial charge in [-0.25, -0.2) is 0 Å². The molecule has 0 spiro atoms. The molecule has 9 aromatic carbocycles. The van der Waals surface area contributed by atoms with Gasteiger partial charge in [-0.1, -0.05) is 207 Å². The molecule has 0 bridgehead atoms. The first-order valence-corrected chi connectivity index (χ1v) is 25.9. The van der Waals surface area contributed by atoms with Crippen molar-refractivity contribution in [2.75, 3.05) is 4.90 Å². The number of hydrogen-bond acceptors (Lipinski definition) is 1. The Bertz CT molecular complexity index is 3360. The van der Waals surface area contributed by atoms with Crippen LogP contribution in [0, 0.1) is 0 Å². The largest absolute Gasteiger partial charge is 0.311 e. The lowest BCUT2D eigenvalue weighted by atomic mass is 9.67. The fourth-order valence-electron chi connectivity index (χ4n) is 12.2. The summed E-state index contributed by atoms with van der Waals surface area (Å²) >= 11 is 0. The Balaban J connectivity index is 0.953. The summed E-state index contributed by atoms with van der Waals surface area (Å²) < 4.78 is 0. The molecule has 0 heterocycles. The third-order valence-corrected chi connectivity index (χ3v) is 15.6. The minimum Gasteiger partial charge on any atom is -0.311 e. The number of rotatable bonds is 9. The Labute approximate surface area is 420 Å². The second kappa shape index (κ2) is 19.4. The normalized spacial score (nSPS) is 16.4. The van der Waals surface area contributed by atoms with Crippen molar-refractivity contribution >= 4 is 28.2 Å². The average molecular weight is 914 g/mol. The highest BCUT2D eigenvalue weighted by molar-refractivity contribution is 5.91. The minimum absolute atomic E-state index is 0.448. The molecule has 9 aromatic rings. The first-order valence-electron chi connectivity index (χ1n) is 25.9. The molecule has 0 radical (unpaired) electrons. The molecular weight excluding hydrogens is 855 g/mol. The highest BCUT2D eigenvalue weighted by Crippen LogP contribution is 2.57. The van der Waals surface area contributed by atoms with Gasteiger partial charge in [-0.2, -0.15) is 0 Å². The minimum atomic E-state index is -0.448. The number of benzene rings is 9. The van der Waals surface area contributed by atoms with Crippen LogP contribution in [0.25, 0.3) is 44.5 Å². The Morgan fingerprint density at radius 3 is 1.34 bits per heavy atom. The lowest BCUT2D eigenvalue weighted by Crippen LogP contribution is -2.28. The number of allylic oxidation sites excluding steroid dienone is 5. The number of fused-ring (bicyclic) bond motifs is 4. The lowest BCUT2D eigenvalue weighted by molar-refractivity contribution is 0.662. The molecule has 0 aromatic heterocycles. The fraction of sp³-hybridized carbons (Fsp3) is 0.143. The van der Waals surface area contributed by atoms with E-state index in [1.807, 2.05) is 0 Å². The molecule has 344 valence electrons. The van der Waals surface area contributed by atoms with Crippen LogP contribution in [0.2, 0.25) is 0 Å². The Hall–Kier alpha value is -8.00. The zero-order chi connectivity index (χ0) is 47.6. The molecule has 1 nitrogen and oxygen atoms in total. The Morgan fingerprint density at radius 1 is 0.310 bits per heavy atom. The molecule has 0 aliphatic heterocycles. The van der Waals surface area contributed by atoms with E-state index in [-0.39, 0.29) is 0 Å². The molecule has 3 aliphatic carbocycles. The van der Waals surface area contributed by atoms with Gasteiger partial charge in [0.15, 0.2) is 0 Å². The predicted molar refractivity (Wildman–Crippen MR) is 300 cm³/mol. The summed E-state index contributed by atoms with van der Waals surface area (Å²) in [5, 5.41) is 0. The predicted octanol–water partition coefficient (Wildman–Crippen LogP) is 19.2. The van der Waals surface area contributed by atoms with Crippen molar-refractivity contribution in [3.05, 3.63) is 293 Å². The molecule has 0 N–H and O–H groups in total. The summed E-state index contributed by atoms with van der Waals surface area (Å²) in [5.41, 5.74) is 25.5. The highest BCUT2D eigenvalue weighted by atomic mass is 15.1.